The molecule has 176 valence electrons. The third-order valence-electron chi connectivity index (χ3n) is 5.96. The first-order chi connectivity index (χ1) is 15.9. The highest BCUT2D eigenvalue weighted by Crippen LogP contribution is 2.18. The topological polar surface area (TPSA) is 99.3 Å². The van der Waals surface area contributed by atoms with Crippen LogP contribution in [0.1, 0.15) is 73.1 Å². The summed E-state index contributed by atoms with van der Waals surface area (Å²) in [7, 11) is 0. The number of amides is 3. The van der Waals surface area contributed by atoms with Crippen LogP contribution in [0.2, 0.25) is 0 Å². The summed E-state index contributed by atoms with van der Waals surface area (Å²) in [6, 6.07) is 14.3. The number of nitrogens with one attached hydrogen (secondary N) is 4. The van der Waals surface area contributed by atoms with Crippen LogP contribution in [0.5, 0.6) is 0 Å². The molecule has 0 heterocycles. The van der Waals surface area contributed by atoms with E-state index in [0.29, 0.717) is 16.8 Å². The molecule has 0 radical (unpaired) electrons. The molecule has 4 N–H and O–H groups in total. The minimum absolute atomic E-state index is 0.0669. The van der Waals surface area contributed by atoms with E-state index in [-0.39, 0.29) is 36.3 Å². The summed E-state index contributed by atoms with van der Waals surface area (Å²) in [4.78, 5) is 36.8. The van der Waals surface area contributed by atoms with Gasteiger partial charge in [-0.2, -0.15) is 0 Å². The highest BCUT2D eigenvalue weighted by molar-refractivity contribution is 5.97. The second-order valence-electron chi connectivity index (χ2n) is 8.65. The van der Waals surface area contributed by atoms with E-state index in [1.807, 2.05) is 13.8 Å². The molecule has 0 bridgehead atoms. The monoisotopic (exact) mass is 450 g/mol. The summed E-state index contributed by atoms with van der Waals surface area (Å²) in [5, 5.41) is 11.9. The standard InChI is InChI=1S/C26H34N4O3/c1-3-18(2)28-25(32)19-9-13-21(14-10-19)27-17-24(31)29-23-15-11-20(12-16-23)26(33)30-22-7-5-4-6-8-22/h9-16,18,22,27H,3-8,17H2,1-2H3,(H,28,32)(H,29,31)(H,30,33). The summed E-state index contributed by atoms with van der Waals surface area (Å²) in [5.74, 6) is -0.375. The predicted molar refractivity (Wildman–Crippen MR) is 132 cm³/mol. The van der Waals surface area contributed by atoms with E-state index >= 15 is 0 Å². The summed E-state index contributed by atoms with van der Waals surface area (Å²) in [5.41, 5.74) is 2.56. The summed E-state index contributed by atoms with van der Waals surface area (Å²) >= 11 is 0. The first-order valence-electron chi connectivity index (χ1n) is 11.8. The van der Waals surface area contributed by atoms with Crippen molar-refractivity contribution in [1.82, 2.24) is 10.6 Å². The maximum Gasteiger partial charge on any atom is 0.251 e. The lowest BCUT2D eigenvalue weighted by Crippen LogP contribution is -2.36. The number of carbonyl (C=O) groups is 3. The maximum absolute atomic E-state index is 12.4. The van der Waals surface area contributed by atoms with Gasteiger partial charge in [0.25, 0.3) is 11.8 Å². The van der Waals surface area contributed by atoms with Gasteiger partial charge in [-0.25, -0.2) is 0 Å². The van der Waals surface area contributed by atoms with Gasteiger partial charge in [-0.3, -0.25) is 14.4 Å². The van der Waals surface area contributed by atoms with Crippen LogP contribution in [0.15, 0.2) is 48.5 Å². The van der Waals surface area contributed by atoms with Crippen molar-refractivity contribution in [2.75, 3.05) is 17.2 Å². The largest absolute Gasteiger partial charge is 0.376 e. The molecule has 0 saturated heterocycles. The highest BCUT2D eigenvalue weighted by atomic mass is 16.2. The van der Waals surface area contributed by atoms with E-state index in [1.165, 1.54) is 19.3 Å². The molecule has 1 saturated carbocycles. The molecule has 7 nitrogen and oxygen atoms in total. The van der Waals surface area contributed by atoms with E-state index in [9.17, 15) is 14.4 Å². The third kappa shape index (κ3) is 7.63. The van der Waals surface area contributed by atoms with E-state index < -0.39 is 0 Å². The lowest BCUT2D eigenvalue weighted by atomic mass is 9.95. The quantitative estimate of drug-likeness (QED) is 0.457. The first kappa shape index (κ1) is 24.3. The van der Waals surface area contributed by atoms with Crippen LogP contribution in [0, 0.1) is 0 Å². The molecule has 3 amide bonds. The molecule has 33 heavy (non-hydrogen) atoms. The van der Waals surface area contributed by atoms with Crippen LogP contribution in [0.25, 0.3) is 0 Å². The van der Waals surface area contributed by atoms with Crippen molar-refractivity contribution in [1.29, 1.82) is 0 Å². The van der Waals surface area contributed by atoms with Gasteiger partial charge in [-0.1, -0.05) is 26.2 Å². The third-order valence-corrected chi connectivity index (χ3v) is 5.96. The SMILES string of the molecule is CCC(C)NC(=O)c1ccc(NCC(=O)Nc2ccc(C(=O)NC3CCCCC3)cc2)cc1. The second-order valence-corrected chi connectivity index (χ2v) is 8.65. The number of hydrogen-bond donors (Lipinski definition) is 4. The Balaban J connectivity index is 1.44. The molecule has 3 rings (SSSR count). The normalized spacial score (nSPS) is 14.7. The van der Waals surface area contributed by atoms with Crippen LogP contribution in [-0.4, -0.2) is 36.3 Å². The molecule has 1 atom stereocenters. The summed E-state index contributed by atoms with van der Waals surface area (Å²) in [6.07, 6.45) is 6.54. The summed E-state index contributed by atoms with van der Waals surface area (Å²) in [6.45, 7) is 4.07. The van der Waals surface area contributed by atoms with Gasteiger partial charge in [-0.15, -0.1) is 0 Å². The lowest BCUT2D eigenvalue weighted by molar-refractivity contribution is -0.114. The van der Waals surface area contributed by atoms with Crippen molar-refractivity contribution in [3.8, 4) is 0 Å². The Morgan fingerprint density at radius 2 is 1.42 bits per heavy atom. The lowest BCUT2D eigenvalue weighted by Gasteiger charge is -2.22. The zero-order valence-electron chi connectivity index (χ0n) is 19.4. The van der Waals surface area contributed by atoms with Crippen LogP contribution in [-0.2, 0) is 4.79 Å². The Kier molecular flexibility index (Phi) is 8.87. The zero-order valence-corrected chi connectivity index (χ0v) is 19.4. The van der Waals surface area contributed by atoms with Gasteiger partial charge in [-0.05, 0) is 74.7 Å². The maximum atomic E-state index is 12.4. The van der Waals surface area contributed by atoms with Crippen molar-refractivity contribution in [3.05, 3.63) is 59.7 Å². The predicted octanol–water partition coefficient (Wildman–Crippen LogP) is 4.33. The number of anilines is 2. The van der Waals surface area contributed by atoms with E-state index in [1.54, 1.807) is 48.5 Å². The molecule has 1 aliphatic rings. The number of carbonyl (C=O) groups excluding carboxylic acids is 3. The fourth-order valence-electron chi connectivity index (χ4n) is 3.76. The van der Waals surface area contributed by atoms with Crippen LogP contribution in [0.4, 0.5) is 11.4 Å². The van der Waals surface area contributed by atoms with Crippen molar-refractivity contribution in [3.63, 3.8) is 0 Å². The molecular weight excluding hydrogens is 416 g/mol. The second kappa shape index (κ2) is 12.0. The molecule has 0 aliphatic heterocycles. The average molecular weight is 451 g/mol. The summed E-state index contributed by atoms with van der Waals surface area (Å²) < 4.78 is 0. The Hall–Kier alpha value is -3.35. The van der Waals surface area contributed by atoms with Crippen LogP contribution >= 0.6 is 0 Å². The van der Waals surface area contributed by atoms with Gasteiger partial charge >= 0.3 is 0 Å². The Morgan fingerprint density at radius 1 is 0.848 bits per heavy atom. The van der Waals surface area contributed by atoms with Crippen molar-refractivity contribution in [2.24, 2.45) is 0 Å². The minimum atomic E-state index is -0.201. The zero-order chi connectivity index (χ0) is 23.6. The smallest absolute Gasteiger partial charge is 0.251 e. The molecule has 2 aromatic rings. The van der Waals surface area contributed by atoms with Crippen molar-refractivity contribution >= 4 is 29.1 Å². The van der Waals surface area contributed by atoms with Gasteiger partial charge in [0.15, 0.2) is 0 Å². The average Bonchev–Trinajstić information content (AvgIpc) is 2.84. The molecule has 7 heteroatoms. The van der Waals surface area contributed by atoms with Gasteiger partial charge in [0, 0.05) is 34.6 Å². The fourth-order valence-corrected chi connectivity index (χ4v) is 3.76. The number of hydrogen-bond acceptors (Lipinski definition) is 4. The van der Waals surface area contributed by atoms with Gasteiger partial charge in [0.1, 0.15) is 0 Å². The fraction of sp³-hybridized carbons (Fsp3) is 0.423. The van der Waals surface area contributed by atoms with Crippen LogP contribution < -0.4 is 21.3 Å². The molecule has 0 aromatic heterocycles. The van der Waals surface area contributed by atoms with Crippen molar-refractivity contribution < 1.29 is 14.4 Å². The highest BCUT2D eigenvalue weighted by Gasteiger charge is 2.16. The van der Waals surface area contributed by atoms with E-state index in [0.717, 1.165) is 24.9 Å². The van der Waals surface area contributed by atoms with Gasteiger partial charge < -0.3 is 21.3 Å². The number of benzene rings is 2. The molecule has 0 spiro atoms. The molecule has 2 aromatic carbocycles. The molecule has 1 unspecified atom stereocenters. The number of rotatable bonds is 9. The first-order valence-corrected chi connectivity index (χ1v) is 11.8. The molecular formula is C26H34N4O3. The minimum Gasteiger partial charge on any atom is -0.376 e. The van der Waals surface area contributed by atoms with Gasteiger partial charge in [0.2, 0.25) is 5.91 Å². The van der Waals surface area contributed by atoms with Crippen LogP contribution in [0.3, 0.4) is 0 Å². The Bertz CT molecular complexity index is 935. The van der Waals surface area contributed by atoms with E-state index in [4.69, 9.17) is 0 Å². The van der Waals surface area contributed by atoms with Crippen molar-refractivity contribution in [2.45, 2.75) is 64.5 Å². The van der Waals surface area contributed by atoms with Gasteiger partial charge in [0.05, 0.1) is 6.54 Å². The van der Waals surface area contributed by atoms with E-state index in [2.05, 4.69) is 21.3 Å². The molecule has 1 aliphatic carbocycles. The Labute approximate surface area is 195 Å². The molecule has 1 fully saturated rings. The Morgan fingerprint density at radius 3 is 2.03 bits per heavy atom.